The lowest BCUT2D eigenvalue weighted by Gasteiger charge is -2.15. The van der Waals surface area contributed by atoms with E-state index >= 15 is 0 Å². The fraction of sp³-hybridized carbons (Fsp3) is 0.241. The van der Waals surface area contributed by atoms with Crippen molar-refractivity contribution in [1.82, 2.24) is 24.7 Å². The molecule has 0 aliphatic heterocycles. The van der Waals surface area contributed by atoms with E-state index in [4.69, 9.17) is 4.74 Å². The van der Waals surface area contributed by atoms with Crippen molar-refractivity contribution >= 4 is 21.8 Å². The molecule has 202 valence electrons. The molecule has 6 rings (SSSR count). The van der Waals surface area contributed by atoms with Gasteiger partial charge in [0.15, 0.2) is 10.5 Å². The number of nitrogens with zero attached hydrogens (tertiary/aromatic N) is 5. The molecule has 0 spiro atoms. The summed E-state index contributed by atoms with van der Waals surface area (Å²) < 4.78 is 59.9. The maximum Gasteiger partial charge on any atom is 0.263 e. The SMILES string of the molecule is COc1ccc(C(F)F)cc1-c1cc(-c2ccn(CC(F)F)n2)ccc1-c1nc2ncc(C#CC3CC3)nc2s1. The van der Waals surface area contributed by atoms with Crippen LogP contribution in [0.5, 0.6) is 5.75 Å². The molecule has 11 heteroatoms. The Labute approximate surface area is 230 Å². The van der Waals surface area contributed by atoms with Gasteiger partial charge in [-0.2, -0.15) is 5.10 Å². The Balaban J connectivity index is 1.49. The van der Waals surface area contributed by atoms with Gasteiger partial charge in [-0.1, -0.05) is 29.4 Å². The minimum Gasteiger partial charge on any atom is -0.496 e. The second-order valence-electron chi connectivity index (χ2n) is 9.28. The fourth-order valence-electron chi connectivity index (χ4n) is 4.24. The number of thiazole rings is 1. The van der Waals surface area contributed by atoms with Crippen LogP contribution >= 0.6 is 11.3 Å². The van der Waals surface area contributed by atoms with Crippen molar-refractivity contribution in [3.63, 3.8) is 0 Å². The van der Waals surface area contributed by atoms with Gasteiger partial charge in [-0.25, -0.2) is 32.5 Å². The molecule has 0 amide bonds. The quantitative estimate of drug-likeness (QED) is 0.154. The Bertz CT molecular complexity index is 1770. The zero-order valence-corrected chi connectivity index (χ0v) is 21.9. The van der Waals surface area contributed by atoms with Crippen LogP contribution < -0.4 is 4.74 Å². The molecule has 0 bridgehead atoms. The highest BCUT2D eigenvalue weighted by Crippen LogP contribution is 2.42. The highest BCUT2D eigenvalue weighted by atomic mass is 32.1. The topological polar surface area (TPSA) is 65.7 Å². The second-order valence-corrected chi connectivity index (χ2v) is 10.3. The number of fused-ring (bicyclic) bond motifs is 1. The summed E-state index contributed by atoms with van der Waals surface area (Å²) in [4.78, 5) is 14.3. The van der Waals surface area contributed by atoms with E-state index in [1.165, 1.54) is 47.5 Å². The number of aromatic nitrogens is 5. The minimum atomic E-state index is -2.69. The number of alkyl halides is 4. The molecule has 6 nitrogen and oxygen atoms in total. The summed E-state index contributed by atoms with van der Waals surface area (Å²) in [5.41, 5.74) is 3.57. The summed E-state index contributed by atoms with van der Waals surface area (Å²) in [6.45, 7) is -0.534. The third kappa shape index (κ3) is 5.40. The zero-order valence-electron chi connectivity index (χ0n) is 21.1. The Kier molecular flexibility index (Phi) is 6.94. The third-order valence-corrected chi connectivity index (χ3v) is 7.35. The number of rotatable bonds is 7. The van der Waals surface area contributed by atoms with Crippen LogP contribution in [0.15, 0.2) is 54.9 Å². The van der Waals surface area contributed by atoms with E-state index in [-0.39, 0.29) is 5.56 Å². The van der Waals surface area contributed by atoms with Crippen molar-refractivity contribution in [2.24, 2.45) is 5.92 Å². The lowest BCUT2D eigenvalue weighted by molar-refractivity contribution is 0.122. The maximum absolute atomic E-state index is 13.7. The standard InChI is InChI=1S/C29H21F4N5OS/c1-39-24-9-6-18(26(32)33)13-22(24)21-12-17(23-10-11-38(37-23)15-25(30)31)5-8-20(21)28-36-27-29(40-28)35-19(14-34-27)7-4-16-2-3-16/h5-6,8-14,16,25-26H,2-3,15H2,1H3. The molecule has 0 radical (unpaired) electrons. The molecule has 3 heterocycles. The molecular weight excluding hydrogens is 542 g/mol. The van der Waals surface area contributed by atoms with Crippen molar-refractivity contribution < 1.29 is 22.3 Å². The number of hydrogen-bond donors (Lipinski definition) is 0. The molecular formula is C29H21F4N5OS. The molecule has 0 unspecified atom stereocenters. The maximum atomic E-state index is 13.7. The van der Waals surface area contributed by atoms with E-state index in [2.05, 4.69) is 31.9 Å². The summed E-state index contributed by atoms with van der Waals surface area (Å²) in [6, 6.07) is 11.2. The third-order valence-electron chi connectivity index (χ3n) is 6.38. The summed E-state index contributed by atoms with van der Waals surface area (Å²) in [5, 5.41) is 4.84. The van der Waals surface area contributed by atoms with E-state index < -0.39 is 19.4 Å². The molecule has 2 aromatic carbocycles. The van der Waals surface area contributed by atoms with Crippen LogP contribution in [0.4, 0.5) is 17.6 Å². The minimum absolute atomic E-state index is 0.167. The summed E-state index contributed by atoms with van der Waals surface area (Å²) >= 11 is 1.32. The molecule has 0 atom stereocenters. The molecule has 0 saturated heterocycles. The number of methoxy groups -OCH3 is 1. The summed E-state index contributed by atoms with van der Waals surface area (Å²) in [7, 11) is 1.46. The molecule has 1 aliphatic rings. The predicted molar refractivity (Wildman–Crippen MR) is 144 cm³/mol. The first-order valence-electron chi connectivity index (χ1n) is 12.5. The van der Waals surface area contributed by atoms with Crippen molar-refractivity contribution in [3.8, 4) is 50.5 Å². The summed E-state index contributed by atoms with van der Waals surface area (Å²) in [6.07, 6.45) is 0.0439. The Morgan fingerprint density at radius 1 is 1.02 bits per heavy atom. The largest absolute Gasteiger partial charge is 0.496 e. The van der Waals surface area contributed by atoms with Crippen molar-refractivity contribution in [2.75, 3.05) is 7.11 Å². The van der Waals surface area contributed by atoms with Crippen LogP contribution in [0.25, 0.3) is 43.4 Å². The van der Waals surface area contributed by atoms with Crippen LogP contribution in [0.2, 0.25) is 0 Å². The van der Waals surface area contributed by atoms with Gasteiger partial charge >= 0.3 is 0 Å². The Morgan fingerprint density at radius 2 is 1.88 bits per heavy atom. The normalized spacial score (nSPS) is 13.2. The van der Waals surface area contributed by atoms with E-state index in [1.54, 1.807) is 30.5 Å². The summed E-state index contributed by atoms with van der Waals surface area (Å²) in [5.74, 6) is 7.06. The Morgan fingerprint density at radius 3 is 2.62 bits per heavy atom. The number of benzene rings is 2. The monoisotopic (exact) mass is 563 g/mol. The first kappa shape index (κ1) is 26.0. The molecule has 0 N–H and O–H groups in total. The van der Waals surface area contributed by atoms with Gasteiger partial charge in [0, 0.05) is 34.4 Å². The lowest BCUT2D eigenvalue weighted by Crippen LogP contribution is -2.06. The molecule has 40 heavy (non-hydrogen) atoms. The van der Waals surface area contributed by atoms with Gasteiger partial charge in [-0.05, 0) is 54.7 Å². The van der Waals surface area contributed by atoms with Gasteiger partial charge in [0.2, 0.25) is 0 Å². The molecule has 3 aromatic heterocycles. The van der Waals surface area contributed by atoms with Gasteiger partial charge in [-0.3, -0.25) is 4.68 Å². The molecule has 1 aliphatic carbocycles. The zero-order chi connectivity index (χ0) is 27.8. The first-order chi connectivity index (χ1) is 19.4. The van der Waals surface area contributed by atoms with Gasteiger partial charge < -0.3 is 4.74 Å². The van der Waals surface area contributed by atoms with Crippen LogP contribution in [-0.2, 0) is 6.54 Å². The smallest absolute Gasteiger partial charge is 0.263 e. The van der Waals surface area contributed by atoms with E-state index in [0.29, 0.717) is 60.8 Å². The molecule has 5 aromatic rings. The van der Waals surface area contributed by atoms with Gasteiger partial charge in [0.05, 0.1) is 19.0 Å². The van der Waals surface area contributed by atoms with Crippen molar-refractivity contribution in [3.05, 3.63) is 66.1 Å². The van der Waals surface area contributed by atoms with Crippen LogP contribution in [0.1, 0.15) is 30.5 Å². The average Bonchev–Trinajstić information content (AvgIpc) is 3.51. The Hall–Kier alpha value is -4.30. The number of hydrogen-bond acceptors (Lipinski definition) is 6. The highest BCUT2D eigenvalue weighted by molar-refractivity contribution is 7.21. The fourth-order valence-corrected chi connectivity index (χ4v) is 5.18. The van der Waals surface area contributed by atoms with E-state index in [0.717, 1.165) is 12.8 Å². The lowest BCUT2D eigenvalue weighted by atomic mass is 9.94. The molecule has 1 fully saturated rings. The van der Waals surface area contributed by atoms with Crippen LogP contribution in [0, 0.1) is 17.8 Å². The van der Waals surface area contributed by atoms with E-state index in [9.17, 15) is 17.6 Å². The van der Waals surface area contributed by atoms with Gasteiger partial charge in [-0.15, -0.1) is 0 Å². The van der Waals surface area contributed by atoms with Crippen molar-refractivity contribution in [2.45, 2.75) is 32.2 Å². The first-order valence-corrected chi connectivity index (χ1v) is 13.3. The predicted octanol–water partition coefficient (Wildman–Crippen LogP) is 7.26. The van der Waals surface area contributed by atoms with Gasteiger partial charge in [0.25, 0.3) is 12.9 Å². The average molecular weight is 564 g/mol. The van der Waals surface area contributed by atoms with E-state index in [1.807, 2.05) is 0 Å². The van der Waals surface area contributed by atoms with Crippen molar-refractivity contribution in [1.29, 1.82) is 0 Å². The van der Waals surface area contributed by atoms with Crippen LogP contribution in [-0.4, -0.2) is 38.3 Å². The van der Waals surface area contributed by atoms with Crippen LogP contribution in [0.3, 0.4) is 0 Å². The number of halogens is 4. The number of ether oxygens (including phenoxy) is 1. The van der Waals surface area contributed by atoms with Gasteiger partial charge in [0.1, 0.15) is 23.0 Å². The second kappa shape index (κ2) is 10.7. The highest BCUT2D eigenvalue weighted by Gasteiger charge is 2.21. The molecule has 1 saturated carbocycles.